The summed E-state index contributed by atoms with van der Waals surface area (Å²) in [6.45, 7) is 0.435. The molecule has 0 unspecified atom stereocenters. The third-order valence-electron chi connectivity index (χ3n) is 3.62. The normalized spacial score (nSPS) is 14.6. The fourth-order valence-corrected chi connectivity index (χ4v) is 2.53. The van der Waals surface area contributed by atoms with E-state index in [-0.39, 0.29) is 5.91 Å². The lowest BCUT2D eigenvalue weighted by Gasteiger charge is -2.26. The number of rotatable bonds is 2. The highest BCUT2D eigenvalue weighted by molar-refractivity contribution is 5.96. The average Bonchev–Trinajstić information content (AvgIpc) is 2.91. The maximum Gasteiger partial charge on any atom is 0.227 e. The molecule has 0 bridgehead atoms. The monoisotopic (exact) mass is 256 g/mol. The van der Waals surface area contributed by atoms with E-state index in [0.717, 1.165) is 29.1 Å². The van der Waals surface area contributed by atoms with E-state index in [4.69, 9.17) is 5.73 Å². The van der Waals surface area contributed by atoms with Gasteiger partial charge in [-0.2, -0.15) is 0 Å². The Kier molecular flexibility index (Phi) is 2.83. The number of aromatic nitrogens is 2. The van der Waals surface area contributed by atoms with E-state index >= 15 is 0 Å². The standard InChI is InChI=1S/C14H16N4O/c1-18-12-4-2-10(6-9(12)3-5-13(18)19)14-11(7-15)16-8-17-14/h2,4,6,8H,3,5,7,15H2,1H3,(H,16,17). The zero-order valence-corrected chi connectivity index (χ0v) is 10.8. The number of amides is 1. The molecule has 19 heavy (non-hydrogen) atoms. The van der Waals surface area contributed by atoms with Gasteiger partial charge < -0.3 is 15.6 Å². The summed E-state index contributed by atoms with van der Waals surface area (Å²) >= 11 is 0. The summed E-state index contributed by atoms with van der Waals surface area (Å²) < 4.78 is 0. The molecule has 2 heterocycles. The van der Waals surface area contributed by atoms with Crippen LogP contribution in [-0.4, -0.2) is 22.9 Å². The topological polar surface area (TPSA) is 75.0 Å². The van der Waals surface area contributed by atoms with E-state index in [9.17, 15) is 4.79 Å². The SMILES string of the molecule is CN1C(=O)CCc2cc(-c3nc[nH]c3CN)ccc21. The van der Waals surface area contributed by atoms with Crippen molar-refractivity contribution in [3.05, 3.63) is 35.8 Å². The Morgan fingerprint density at radius 1 is 1.42 bits per heavy atom. The molecule has 1 amide bonds. The number of aryl methyl sites for hydroxylation is 1. The number of nitrogens with one attached hydrogen (secondary N) is 1. The van der Waals surface area contributed by atoms with Crippen molar-refractivity contribution >= 4 is 11.6 Å². The minimum atomic E-state index is 0.169. The van der Waals surface area contributed by atoms with Gasteiger partial charge in [-0.1, -0.05) is 6.07 Å². The molecule has 0 saturated heterocycles. The highest BCUT2D eigenvalue weighted by atomic mass is 16.2. The largest absolute Gasteiger partial charge is 0.347 e. The van der Waals surface area contributed by atoms with Crippen molar-refractivity contribution in [1.29, 1.82) is 0 Å². The number of benzene rings is 1. The number of carbonyl (C=O) groups excluding carboxylic acids is 1. The summed E-state index contributed by atoms with van der Waals surface area (Å²) in [6.07, 6.45) is 3.01. The third kappa shape index (κ3) is 1.92. The van der Waals surface area contributed by atoms with Crippen LogP contribution < -0.4 is 10.6 Å². The second-order valence-electron chi connectivity index (χ2n) is 4.73. The number of H-pyrrole nitrogens is 1. The average molecular weight is 256 g/mol. The number of anilines is 1. The van der Waals surface area contributed by atoms with Gasteiger partial charge in [-0.25, -0.2) is 4.98 Å². The molecule has 2 aromatic rings. The maximum atomic E-state index is 11.7. The van der Waals surface area contributed by atoms with Crippen LogP contribution in [0.25, 0.3) is 11.3 Å². The molecule has 1 aromatic carbocycles. The molecule has 0 atom stereocenters. The van der Waals surface area contributed by atoms with Gasteiger partial charge in [0.25, 0.3) is 0 Å². The van der Waals surface area contributed by atoms with Crippen molar-refractivity contribution < 1.29 is 4.79 Å². The van der Waals surface area contributed by atoms with Crippen molar-refractivity contribution in [3.8, 4) is 11.3 Å². The molecule has 0 aliphatic carbocycles. The Morgan fingerprint density at radius 2 is 2.26 bits per heavy atom. The minimum Gasteiger partial charge on any atom is -0.347 e. The summed E-state index contributed by atoms with van der Waals surface area (Å²) in [5.41, 5.74) is 10.7. The maximum absolute atomic E-state index is 11.7. The summed E-state index contributed by atoms with van der Waals surface area (Å²) in [5, 5.41) is 0. The van der Waals surface area contributed by atoms with Crippen molar-refractivity contribution in [2.24, 2.45) is 5.73 Å². The molecule has 0 radical (unpaired) electrons. The summed E-state index contributed by atoms with van der Waals surface area (Å²) in [6, 6.07) is 6.08. The molecule has 1 aliphatic rings. The van der Waals surface area contributed by atoms with Gasteiger partial charge in [0, 0.05) is 31.3 Å². The van der Waals surface area contributed by atoms with Gasteiger partial charge >= 0.3 is 0 Å². The highest BCUT2D eigenvalue weighted by Gasteiger charge is 2.21. The van der Waals surface area contributed by atoms with Gasteiger partial charge in [-0.05, 0) is 24.1 Å². The number of hydrogen-bond acceptors (Lipinski definition) is 3. The predicted octanol–water partition coefficient (Wildman–Crippen LogP) is 1.44. The van der Waals surface area contributed by atoms with Gasteiger partial charge in [0.15, 0.2) is 0 Å². The molecule has 5 nitrogen and oxygen atoms in total. The van der Waals surface area contributed by atoms with Crippen LogP contribution in [0.15, 0.2) is 24.5 Å². The molecule has 5 heteroatoms. The van der Waals surface area contributed by atoms with E-state index in [0.29, 0.717) is 13.0 Å². The van der Waals surface area contributed by atoms with Gasteiger partial charge in [-0.3, -0.25) is 4.79 Å². The van der Waals surface area contributed by atoms with Crippen LogP contribution in [0.4, 0.5) is 5.69 Å². The van der Waals surface area contributed by atoms with E-state index in [1.54, 1.807) is 11.2 Å². The highest BCUT2D eigenvalue weighted by Crippen LogP contribution is 2.31. The Bertz CT molecular complexity index is 632. The summed E-state index contributed by atoms with van der Waals surface area (Å²) in [7, 11) is 1.82. The molecule has 3 rings (SSSR count). The number of nitrogens with zero attached hydrogens (tertiary/aromatic N) is 2. The van der Waals surface area contributed by atoms with Crippen LogP contribution in [0.3, 0.4) is 0 Å². The lowest BCUT2D eigenvalue weighted by atomic mass is 9.97. The molecule has 0 saturated carbocycles. The molecule has 98 valence electrons. The van der Waals surface area contributed by atoms with Crippen molar-refractivity contribution in [2.75, 3.05) is 11.9 Å². The number of fused-ring (bicyclic) bond motifs is 1. The van der Waals surface area contributed by atoms with Crippen LogP contribution in [0.1, 0.15) is 17.7 Å². The predicted molar refractivity (Wildman–Crippen MR) is 73.6 cm³/mol. The molecular formula is C14H16N4O. The fraction of sp³-hybridized carbons (Fsp3) is 0.286. The van der Waals surface area contributed by atoms with Crippen molar-refractivity contribution in [1.82, 2.24) is 9.97 Å². The molecule has 3 N–H and O–H groups in total. The fourth-order valence-electron chi connectivity index (χ4n) is 2.53. The minimum absolute atomic E-state index is 0.169. The van der Waals surface area contributed by atoms with Gasteiger partial charge in [0.05, 0.1) is 17.7 Å². The molecule has 1 aromatic heterocycles. The van der Waals surface area contributed by atoms with Gasteiger partial charge in [0.2, 0.25) is 5.91 Å². The second kappa shape index (κ2) is 4.51. The smallest absolute Gasteiger partial charge is 0.227 e. The lowest BCUT2D eigenvalue weighted by molar-refractivity contribution is -0.118. The van der Waals surface area contributed by atoms with Crippen LogP contribution in [-0.2, 0) is 17.8 Å². The first-order valence-corrected chi connectivity index (χ1v) is 6.33. The van der Waals surface area contributed by atoms with Crippen LogP contribution in [0, 0.1) is 0 Å². The number of nitrogens with two attached hydrogens (primary N) is 1. The van der Waals surface area contributed by atoms with Gasteiger partial charge in [-0.15, -0.1) is 0 Å². The number of imidazole rings is 1. The van der Waals surface area contributed by atoms with Crippen LogP contribution in [0.2, 0.25) is 0 Å². The van der Waals surface area contributed by atoms with E-state index in [1.165, 1.54) is 5.56 Å². The Hall–Kier alpha value is -2.14. The van der Waals surface area contributed by atoms with Crippen molar-refractivity contribution in [3.63, 3.8) is 0 Å². The Labute approximate surface area is 111 Å². The number of aromatic amines is 1. The van der Waals surface area contributed by atoms with Crippen LogP contribution in [0.5, 0.6) is 0 Å². The first-order chi connectivity index (χ1) is 9.20. The quantitative estimate of drug-likeness (QED) is 0.853. The molecule has 0 fully saturated rings. The first-order valence-electron chi connectivity index (χ1n) is 6.33. The van der Waals surface area contributed by atoms with E-state index in [1.807, 2.05) is 19.2 Å². The van der Waals surface area contributed by atoms with Crippen LogP contribution >= 0.6 is 0 Å². The van der Waals surface area contributed by atoms with Crippen molar-refractivity contribution in [2.45, 2.75) is 19.4 Å². The third-order valence-corrected chi connectivity index (χ3v) is 3.62. The molecule has 0 spiro atoms. The van der Waals surface area contributed by atoms with E-state index < -0.39 is 0 Å². The van der Waals surface area contributed by atoms with Gasteiger partial charge in [0.1, 0.15) is 0 Å². The zero-order valence-electron chi connectivity index (χ0n) is 10.8. The Balaban J connectivity index is 2.05. The molecular weight excluding hydrogens is 240 g/mol. The molecule has 1 aliphatic heterocycles. The van der Waals surface area contributed by atoms with E-state index in [2.05, 4.69) is 16.0 Å². The number of hydrogen-bond donors (Lipinski definition) is 2. The first kappa shape index (κ1) is 11.9. The zero-order chi connectivity index (χ0) is 13.4. The summed E-state index contributed by atoms with van der Waals surface area (Å²) in [4.78, 5) is 20.8. The Morgan fingerprint density at radius 3 is 3.05 bits per heavy atom. The lowest BCUT2D eigenvalue weighted by Crippen LogP contribution is -2.30. The number of carbonyl (C=O) groups is 1. The second-order valence-corrected chi connectivity index (χ2v) is 4.73. The summed E-state index contributed by atoms with van der Waals surface area (Å²) in [5.74, 6) is 0.169.